The highest BCUT2D eigenvalue weighted by atomic mass is 32.1. The van der Waals surface area contributed by atoms with Gasteiger partial charge in [0.15, 0.2) is 0 Å². The zero-order chi connectivity index (χ0) is 13.1. The number of hydrogen-bond donors (Lipinski definition) is 0. The smallest absolute Gasteiger partial charge is 0.257 e. The summed E-state index contributed by atoms with van der Waals surface area (Å²) in [7, 11) is 2.00. The van der Waals surface area contributed by atoms with E-state index < -0.39 is 0 Å². The van der Waals surface area contributed by atoms with E-state index in [0.717, 1.165) is 10.6 Å². The predicted octanol–water partition coefficient (Wildman–Crippen LogP) is 3.43. The SMILES string of the molecule is CN(Cc1nnc(-c2cccs2)o1)c1ccccc1. The zero-order valence-electron chi connectivity index (χ0n) is 10.5. The molecule has 0 fully saturated rings. The average Bonchev–Trinajstić information content (AvgIpc) is 3.10. The van der Waals surface area contributed by atoms with Gasteiger partial charge < -0.3 is 9.32 Å². The third kappa shape index (κ3) is 2.66. The standard InChI is InChI=1S/C14H13N3OS/c1-17(11-6-3-2-4-7-11)10-13-15-16-14(18-13)12-8-5-9-19-12/h2-9H,10H2,1H3. The van der Waals surface area contributed by atoms with Gasteiger partial charge in [0, 0.05) is 12.7 Å². The predicted molar refractivity (Wildman–Crippen MR) is 76.2 cm³/mol. The van der Waals surface area contributed by atoms with Crippen molar-refractivity contribution in [3.05, 3.63) is 53.7 Å². The molecule has 2 aromatic heterocycles. The Labute approximate surface area is 115 Å². The Balaban J connectivity index is 1.74. The van der Waals surface area contributed by atoms with Crippen LogP contribution in [0.3, 0.4) is 0 Å². The van der Waals surface area contributed by atoms with Crippen molar-refractivity contribution >= 4 is 17.0 Å². The lowest BCUT2D eigenvalue weighted by molar-refractivity contribution is 0.504. The second-order valence-electron chi connectivity index (χ2n) is 4.17. The molecular formula is C14H13N3OS. The normalized spacial score (nSPS) is 10.6. The maximum absolute atomic E-state index is 5.67. The van der Waals surface area contributed by atoms with E-state index in [1.165, 1.54) is 0 Å². The van der Waals surface area contributed by atoms with Gasteiger partial charge in [-0.05, 0) is 23.6 Å². The number of aromatic nitrogens is 2. The van der Waals surface area contributed by atoms with Crippen molar-refractivity contribution in [2.45, 2.75) is 6.54 Å². The van der Waals surface area contributed by atoms with Crippen molar-refractivity contribution in [3.63, 3.8) is 0 Å². The molecule has 0 aliphatic rings. The Morgan fingerprint density at radius 1 is 1.11 bits per heavy atom. The van der Waals surface area contributed by atoms with Crippen LogP contribution >= 0.6 is 11.3 Å². The van der Waals surface area contributed by atoms with Crippen LogP contribution in [0.4, 0.5) is 5.69 Å². The lowest BCUT2D eigenvalue weighted by Gasteiger charge is -2.16. The molecule has 0 atom stereocenters. The van der Waals surface area contributed by atoms with Crippen LogP contribution in [-0.2, 0) is 6.54 Å². The molecule has 3 aromatic rings. The van der Waals surface area contributed by atoms with Gasteiger partial charge in [-0.2, -0.15) is 0 Å². The second kappa shape index (κ2) is 5.24. The molecule has 0 aliphatic heterocycles. The van der Waals surface area contributed by atoms with E-state index in [9.17, 15) is 0 Å². The van der Waals surface area contributed by atoms with Crippen molar-refractivity contribution in [3.8, 4) is 10.8 Å². The first-order chi connectivity index (χ1) is 9.33. The highest BCUT2D eigenvalue weighted by Gasteiger charge is 2.11. The van der Waals surface area contributed by atoms with Crippen molar-refractivity contribution in [2.75, 3.05) is 11.9 Å². The molecule has 19 heavy (non-hydrogen) atoms. The van der Waals surface area contributed by atoms with Gasteiger partial charge in [-0.3, -0.25) is 0 Å². The van der Waals surface area contributed by atoms with Gasteiger partial charge in [0.1, 0.15) is 0 Å². The molecule has 4 nitrogen and oxygen atoms in total. The molecule has 5 heteroatoms. The van der Waals surface area contributed by atoms with Gasteiger partial charge in [0.05, 0.1) is 11.4 Å². The third-order valence-corrected chi connectivity index (χ3v) is 3.63. The van der Waals surface area contributed by atoms with Crippen LogP contribution in [0.2, 0.25) is 0 Å². The molecule has 0 radical (unpaired) electrons. The number of rotatable bonds is 4. The second-order valence-corrected chi connectivity index (χ2v) is 5.12. The Bertz CT molecular complexity index is 634. The molecule has 0 unspecified atom stereocenters. The number of nitrogens with zero attached hydrogens (tertiary/aromatic N) is 3. The van der Waals surface area contributed by atoms with E-state index in [0.29, 0.717) is 18.3 Å². The van der Waals surface area contributed by atoms with Crippen LogP contribution in [0.25, 0.3) is 10.8 Å². The average molecular weight is 271 g/mol. The molecule has 0 N–H and O–H groups in total. The summed E-state index contributed by atoms with van der Waals surface area (Å²) in [5, 5.41) is 10.2. The monoisotopic (exact) mass is 271 g/mol. The topological polar surface area (TPSA) is 42.2 Å². The molecule has 1 aromatic carbocycles. The van der Waals surface area contributed by atoms with Crippen molar-refractivity contribution < 1.29 is 4.42 Å². The van der Waals surface area contributed by atoms with Crippen molar-refractivity contribution in [1.29, 1.82) is 0 Å². The Morgan fingerprint density at radius 2 is 1.95 bits per heavy atom. The molecule has 3 rings (SSSR count). The molecular weight excluding hydrogens is 258 g/mol. The lowest BCUT2D eigenvalue weighted by Crippen LogP contribution is -2.16. The van der Waals surface area contributed by atoms with Crippen LogP contribution in [-0.4, -0.2) is 17.2 Å². The van der Waals surface area contributed by atoms with Gasteiger partial charge in [-0.1, -0.05) is 24.3 Å². The largest absolute Gasteiger partial charge is 0.418 e. The van der Waals surface area contributed by atoms with E-state index >= 15 is 0 Å². The summed E-state index contributed by atoms with van der Waals surface area (Å²) in [6.07, 6.45) is 0. The summed E-state index contributed by atoms with van der Waals surface area (Å²) in [6.45, 7) is 0.600. The third-order valence-electron chi connectivity index (χ3n) is 2.77. The van der Waals surface area contributed by atoms with Gasteiger partial charge in [0.25, 0.3) is 5.89 Å². The van der Waals surface area contributed by atoms with Gasteiger partial charge >= 0.3 is 0 Å². The first-order valence-corrected chi connectivity index (χ1v) is 6.83. The number of anilines is 1. The van der Waals surface area contributed by atoms with E-state index in [1.54, 1.807) is 11.3 Å². The molecule has 0 aliphatic carbocycles. The van der Waals surface area contributed by atoms with Crippen LogP contribution in [0.5, 0.6) is 0 Å². The molecule has 96 valence electrons. The van der Waals surface area contributed by atoms with Crippen molar-refractivity contribution in [2.24, 2.45) is 0 Å². The molecule has 0 saturated heterocycles. The summed E-state index contributed by atoms with van der Waals surface area (Å²) in [4.78, 5) is 3.08. The molecule has 0 saturated carbocycles. The number of thiophene rings is 1. The van der Waals surface area contributed by atoms with Crippen LogP contribution in [0.15, 0.2) is 52.3 Å². The molecule has 0 spiro atoms. The highest BCUT2D eigenvalue weighted by Crippen LogP contribution is 2.23. The molecule has 0 bridgehead atoms. The van der Waals surface area contributed by atoms with E-state index in [2.05, 4.69) is 27.2 Å². The summed E-state index contributed by atoms with van der Waals surface area (Å²) in [5.41, 5.74) is 1.12. The van der Waals surface area contributed by atoms with Crippen molar-refractivity contribution in [1.82, 2.24) is 10.2 Å². The van der Waals surface area contributed by atoms with Crippen LogP contribution in [0, 0.1) is 0 Å². The zero-order valence-corrected chi connectivity index (χ0v) is 11.3. The maximum Gasteiger partial charge on any atom is 0.257 e. The van der Waals surface area contributed by atoms with Gasteiger partial charge in [0.2, 0.25) is 5.89 Å². The van der Waals surface area contributed by atoms with E-state index in [4.69, 9.17) is 4.42 Å². The minimum Gasteiger partial charge on any atom is -0.418 e. The highest BCUT2D eigenvalue weighted by molar-refractivity contribution is 7.13. The summed E-state index contributed by atoms with van der Waals surface area (Å²) in [5.74, 6) is 1.21. The lowest BCUT2D eigenvalue weighted by atomic mass is 10.3. The van der Waals surface area contributed by atoms with Crippen LogP contribution < -0.4 is 4.90 Å². The van der Waals surface area contributed by atoms with E-state index in [-0.39, 0.29) is 0 Å². The number of hydrogen-bond acceptors (Lipinski definition) is 5. The fraction of sp³-hybridized carbons (Fsp3) is 0.143. The maximum atomic E-state index is 5.67. The number of benzene rings is 1. The Kier molecular flexibility index (Phi) is 3.29. The van der Waals surface area contributed by atoms with Gasteiger partial charge in [-0.25, -0.2) is 0 Å². The first-order valence-electron chi connectivity index (χ1n) is 5.95. The minimum atomic E-state index is 0.589. The first kappa shape index (κ1) is 11.9. The molecule has 2 heterocycles. The van der Waals surface area contributed by atoms with Gasteiger partial charge in [-0.15, -0.1) is 21.5 Å². The molecule has 0 amide bonds. The summed E-state index contributed by atoms with van der Waals surface area (Å²) < 4.78 is 5.67. The fourth-order valence-corrected chi connectivity index (χ4v) is 2.44. The quantitative estimate of drug-likeness (QED) is 0.729. The van der Waals surface area contributed by atoms with Crippen LogP contribution in [0.1, 0.15) is 5.89 Å². The number of para-hydroxylation sites is 1. The fourth-order valence-electron chi connectivity index (χ4n) is 1.79. The summed E-state index contributed by atoms with van der Waals surface area (Å²) in [6, 6.07) is 14.1. The summed E-state index contributed by atoms with van der Waals surface area (Å²) >= 11 is 1.59. The Hall–Kier alpha value is -2.14. The minimum absolute atomic E-state index is 0.589. The Morgan fingerprint density at radius 3 is 2.68 bits per heavy atom. The van der Waals surface area contributed by atoms with E-state index in [1.807, 2.05) is 42.8 Å².